The maximum atomic E-state index is 2.43. The van der Waals surface area contributed by atoms with E-state index >= 15 is 0 Å². The summed E-state index contributed by atoms with van der Waals surface area (Å²) in [5.74, 6) is 0. The molecule has 0 saturated heterocycles. The predicted octanol–water partition coefficient (Wildman–Crippen LogP) is 15.3. The Kier molecular flexibility index (Phi) is 7.00. The van der Waals surface area contributed by atoms with E-state index in [1.165, 1.54) is 110 Å². The topological polar surface area (TPSA) is 0 Å². The Bertz CT molecular complexity index is 3100. The van der Waals surface area contributed by atoms with E-state index in [9.17, 15) is 0 Å². The smallest absolute Gasteiger partial charge is 0.0159 e. The average molecular weight is 699 g/mol. The van der Waals surface area contributed by atoms with Crippen molar-refractivity contribution >= 4 is 43.1 Å². The lowest BCUT2D eigenvalue weighted by Crippen LogP contribution is -2.14. The van der Waals surface area contributed by atoms with Crippen molar-refractivity contribution in [3.05, 3.63) is 205 Å². The Hall–Kier alpha value is -6.76. The summed E-state index contributed by atoms with van der Waals surface area (Å²) >= 11 is 0. The summed E-state index contributed by atoms with van der Waals surface area (Å²) in [6, 6.07) is 72.1. The summed E-state index contributed by atoms with van der Waals surface area (Å²) in [6.45, 7) is 4.73. The highest BCUT2D eigenvalue weighted by molar-refractivity contribution is 6.21. The summed E-state index contributed by atoms with van der Waals surface area (Å²) in [6.07, 6.45) is 0. The van der Waals surface area contributed by atoms with Gasteiger partial charge in [0.2, 0.25) is 0 Å². The summed E-state index contributed by atoms with van der Waals surface area (Å²) in [7, 11) is 0. The van der Waals surface area contributed by atoms with Gasteiger partial charge in [0, 0.05) is 5.41 Å². The molecular weight excluding hydrogens is 661 g/mol. The number of hydrogen-bond acceptors (Lipinski definition) is 0. The van der Waals surface area contributed by atoms with Gasteiger partial charge in [0.05, 0.1) is 0 Å². The van der Waals surface area contributed by atoms with Crippen LogP contribution in [0.2, 0.25) is 0 Å². The Balaban J connectivity index is 1.04. The maximum absolute atomic E-state index is 2.43. The third-order valence-corrected chi connectivity index (χ3v) is 12.3. The first-order valence-electron chi connectivity index (χ1n) is 19.3. The van der Waals surface area contributed by atoms with Crippen LogP contribution < -0.4 is 0 Å². The predicted molar refractivity (Wildman–Crippen MR) is 236 cm³/mol. The fourth-order valence-corrected chi connectivity index (χ4v) is 9.60. The molecule has 11 rings (SSSR count). The maximum Gasteiger partial charge on any atom is 0.0159 e. The summed E-state index contributed by atoms with van der Waals surface area (Å²) in [5, 5.41) is 10.2. The SMILES string of the molecule is CC1(C)c2ccc(-c3ccc(-c4c5ccccc5c(-c5cccc(-c6cccc7ccccc67)c5)c5ccccc45)cc3)cc2-c2c1ccc1ccccc21. The second-order valence-corrected chi connectivity index (χ2v) is 15.6. The molecule has 1 aliphatic carbocycles. The van der Waals surface area contributed by atoms with E-state index in [2.05, 4.69) is 208 Å². The minimum Gasteiger partial charge on any atom is -0.0616 e. The third-order valence-electron chi connectivity index (χ3n) is 12.3. The van der Waals surface area contributed by atoms with Crippen LogP contribution in [0, 0.1) is 0 Å². The van der Waals surface area contributed by atoms with Gasteiger partial charge in [-0.05, 0) is 122 Å². The van der Waals surface area contributed by atoms with E-state index in [0.717, 1.165) is 0 Å². The molecule has 0 fully saturated rings. The molecule has 0 spiro atoms. The first-order chi connectivity index (χ1) is 27.0. The molecule has 0 unspecified atom stereocenters. The molecule has 0 heteroatoms. The van der Waals surface area contributed by atoms with Crippen LogP contribution in [0.1, 0.15) is 25.0 Å². The zero-order valence-electron chi connectivity index (χ0n) is 31.0. The van der Waals surface area contributed by atoms with Crippen LogP contribution in [-0.2, 0) is 5.41 Å². The number of rotatable bonds is 4. The van der Waals surface area contributed by atoms with Crippen LogP contribution in [0.5, 0.6) is 0 Å². The van der Waals surface area contributed by atoms with E-state index in [-0.39, 0.29) is 5.41 Å². The van der Waals surface area contributed by atoms with Gasteiger partial charge in [0.15, 0.2) is 0 Å². The second-order valence-electron chi connectivity index (χ2n) is 15.6. The molecule has 0 aromatic heterocycles. The van der Waals surface area contributed by atoms with Crippen LogP contribution in [0.15, 0.2) is 194 Å². The molecule has 0 atom stereocenters. The van der Waals surface area contributed by atoms with Crippen molar-refractivity contribution in [2.75, 3.05) is 0 Å². The first-order valence-corrected chi connectivity index (χ1v) is 19.3. The molecule has 0 saturated carbocycles. The molecule has 0 aliphatic heterocycles. The highest BCUT2D eigenvalue weighted by Crippen LogP contribution is 2.52. The summed E-state index contributed by atoms with van der Waals surface area (Å²) < 4.78 is 0. The first kappa shape index (κ1) is 31.7. The monoisotopic (exact) mass is 698 g/mol. The van der Waals surface area contributed by atoms with Crippen molar-refractivity contribution in [2.24, 2.45) is 0 Å². The zero-order valence-corrected chi connectivity index (χ0v) is 31.0. The minimum absolute atomic E-state index is 0.0391. The van der Waals surface area contributed by atoms with Crippen LogP contribution in [0.4, 0.5) is 0 Å². The standard InChI is InChI=1S/C55H38/c1-55(2)50-31-30-39(34-49(50)54-44-19-6-4-14-37(44)29-32-51(54)55)35-25-27-38(28-26-35)52-45-20-7-9-22-47(45)53(48-23-10-8-21-46(48)52)41-17-11-16-40(33-41)43-24-12-15-36-13-3-5-18-42(36)43/h3-34H,1-2H3. The molecule has 0 radical (unpaired) electrons. The van der Waals surface area contributed by atoms with Gasteiger partial charge < -0.3 is 0 Å². The van der Waals surface area contributed by atoms with Crippen molar-refractivity contribution in [3.8, 4) is 55.6 Å². The van der Waals surface area contributed by atoms with Crippen LogP contribution in [-0.4, -0.2) is 0 Å². The van der Waals surface area contributed by atoms with Gasteiger partial charge in [-0.25, -0.2) is 0 Å². The van der Waals surface area contributed by atoms with Gasteiger partial charge in [-0.3, -0.25) is 0 Å². The van der Waals surface area contributed by atoms with Crippen molar-refractivity contribution in [1.82, 2.24) is 0 Å². The highest BCUT2D eigenvalue weighted by atomic mass is 14.4. The van der Waals surface area contributed by atoms with Gasteiger partial charge >= 0.3 is 0 Å². The van der Waals surface area contributed by atoms with Gasteiger partial charge in [-0.2, -0.15) is 0 Å². The fraction of sp³-hybridized carbons (Fsp3) is 0.0545. The van der Waals surface area contributed by atoms with E-state index in [4.69, 9.17) is 0 Å². The molecule has 0 heterocycles. The van der Waals surface area contributed by atoms with E-state index in [1.807, 2.05) is 0 Å². The third kappa shape index (κ3) is 4.85. The lowest BCUT2D eigenvalue weighted by Gasteiger charge is -2.21. The van der Waals surface area contributed by atoms with Crippen molar-refractivity contribution in [2.45, 2.75) is 19.3 Å². The number of hydrogen-bond donors (Lipinski definition) is 0. The lowest BCUT2D eigenvalue weighted by atomic mass is 9.82. The van der Waals surface area contributed by atoms with Crippen molar-refractivity contribution in [1.29, 1.82) is 0 Å². The van der Waals surface area contributed by atoms with Crippen LogP contribution in [0.3, 0.4) is 0 Å². The average Bonchev–Trinajstić information content (AvgIpc) is 3.48. The molecule has 10 aromatic carbocycles. The largest absolute Gasteiger partial charge is 0.0616 e. The number of fused-ring (bicyclic) bond motifs is 8. The van der Waals surface area contributed by atoms with Crippen LogP contribution >= 0.6 is 0 Å². The summed E-state index contributed by atoms with van der Waals surface area (Å²) in [4.78, 5) is 0. The molecule has 258 valence electrons. The van der Waals surface area contributed by atoms with Gasteiger partial charge in [0.1, 0.15) is 0 Å². The number of benzene rings is 10. The Morgan fingerprint density at radius 2 is 0.764 bits per heavy atom. The molecule has 1 aliphatic rings. The molecule has 0 N–H and O–H groups in total. The minimum atomic E-state index is -0.0391. The molecular formula is C55H38. The molecule has 0 amide bonds. The zero-order chi connectivity index (χ0) is 36.7. The normalized spacial score (nSPS) is 13.1. The second kappa shape index (κ2) is 12.1. The lowest BCUT2D eigenvalue weighted by molar-refractivity contribution is 0.661. The Morgan fingerprint density at radius 1 is 0.273 bits per heavy atom. The Morgan fingerprint density at radius 3 is 1.45 bits per heavy atom. The molecule has 0 nitrogen and oxygen atoms in total. The van der Waals surface area contributed by atoms with Gasteiger partial charge in [-0.15, -0.1) is 0 Å². The van der Waals surface area contributed by atoms with Gasteiger partial charge in [0.25, 0.3) is 0 Å². The van der Waals surface area contributed by atoms with E-state index < -0.39 is 0 Å². The summed E-state index contributed by atoms with van der Waals surface area (Å²) in [5.41, 5.74) is 15.5. The molecule has 10 aromatic rings. The molecule has 55 heavy (non-hydrogen) atoms. The van der Waals surface area contributed by atoms with Crippen molar-refractivity contribution in [3.63, 3.8) is 0 Å². The fourth-order valence-electron chi connectivity index (χ4n) is 9.60. The van der Waals surface area contributed by atoms with E-state index in [1.54, 1.807) is 0 Å². The van der Waals surface area contributed by atoms with Crippen LogP contribution in [0.25, 0.3) is 98.7 Å². The van der Waals surface area contributed by atoms with Gasteiger partial charge in [-0.1, -0.05) is 196 Å². The quantitative estimate of drug-likeness (QED) is 0.161. The molecule has 0 bridgehead atoms. The Labute approximate surface area is 322 Å². The van der Waals surface area contributed by atoms with E-state index in [0.29, 0.717) is 0 Å². The highest BCUT2D eigenvalue weighted by Gasteiger charge is 2.36. The van der Waals surface area contributed by atoms with Crippen molar-refractivity contribution < 1.29 is 0 Å².